The lowest BCUT2D eigenvalue weighted by molar-refractivity contribution is 0.469. The molecule has 1 heterocycles. The quantitative estimate of drug-likeness (QED) is 0.383. The molecule has 3 aromatic rings. The van der Waals surface area contributed by atoms with Gasteiger partial charge in [0, 0.05) is 5.56 Å². The average Bonchev–Trinajstić information content (AvgIpc) is 2.94. The Balaban J connectivity index is 1.77. The highest BCUT2D eigenvalue weighted by molar-refractivity contribution is 5.84. The zero-order valence-electron chi connectivity index (χ0n) is 12.0. The van der Waals surface area contributed by atoms with Crippen molar-refractivity contribution in [1.82, 2.24) is 9.97 Å². The molecule has 0 aliphatic carbocycles. The Hall–Kier alpha value is -3.08. The summed E-state index contributed by atoms with van der Waals surface area (Å²) in [7, 11) is 0. The number of hydrogen-bond acceptors (Lipinski definition) is 4. The number of hydrogen-bond donors (Lipinski definition) is 3. The first kappa shape index (κ1) is 13.9. The molecule has 5 nitrogen and oxygen atoms in total. The van der Waals surface area contributed by atoms with Gasteiger partial charge in [-0.15, -0.1) is 6.58 Å². The van der Waals surface area contributed by atoms with Gasteiger partial charge in [0.2, 0.25) is 5.95 Å². The van der Waals surface area contributed by atoms with Crippen molar-refractivity contribution in [3.05, 3.63) is 66.2 Å². The van der Waals surface area contributed by atoms with Crippen LogP contribution in [-0.2, 0) is 6.42 Å². The van der Waals surface area contributed by atoms with Gasteiger partial charge in [0.25, 0.3) is 0 Å². The molecule has 110 valence electrons. The summed E-state index contributed by atoms with van der Waals surface area (Å²) in [5.74, 6) is 0.775. The molecule has 1 aromatic heterocycles. The summed E-state index contributed by atoms with van der Waals surface area (Å²) in [5.41, 5.74) is 6.11. The molecule has 0 unspecified atom stereocenters. The smallest absolute Gasteiger partial charge is 0.222 e. The zero-order chi connectivity index (χ0) is 15.4. The van der Waals surface area contributed by atoms with Crippen LogP contribution in [0.2, 0.25) is 0 Å². The second-order valence-corrected chi connectivity index (χ2v) is 4.82. The third-order valence-corrected chi connectivity index (χ3v) is 3.28. The van der Waals surface area contributed by atoms with Crippen LogP contribution < -0.4 is 5.43 Å². The van der Waals surface area contributed by atoms with Crippen LogP contribution >= 0.6 is 0 Å². The fourth-order valence-corrected chi connectivity index (χ4v) is 2.20. The van der Waals surface area contributed by atoms with E-state index in [1.807, 2.05) is 36.4 Å². The monoisotopic (exact) mass is 292 g/mol. The molecule has 0 fully saturated rings. The van der Waals surface area contributed by atoms with E-state index in [4.69, 9.17) is 0 Å². The predicted molar refractivity (Wildman–Crippen MR) is 89.3 cm³/mol. The Bertz CT molecular complexity index is 803. The Kier molecular flexibility index (Phi) is 3.87. The van der Waals surface area contributed by atoms with Gasteiger partial charge in [-0.1, -0.05) is 30.3 Å². The number of allylic oxidation sites excluding steroid dienone is 1. The lowest BCUT2D eigenvalue weighted by atomic mass is 10.1. The highest BCUT2D eigenvalue weighted by Gasteiger charge is 2.04. The molecule has 0 spiro atoms. The number of para-hydroxylation sites is 3. The first-order valence-corrected chi connectivity index (χ1v) is 6.93. The van der Waals surface area contributed by atoms with Crippen LogP contribution in [0.5, 0.6) is 5.75 Å². The fourth-order valence-electron chi connectivity index (χ4n) is 2.20. The summed E-state index contributed by atoms with van der Waals surface area (Å²) < 4.78 is 0. The third-order valence-electron chi connectivity index (χ3n) is 3.28. The van der Waals surface area contributed by atoms with Gasteiger partial charge in [0.15, 0.2) is 0 Å². The van der Waals surface area contributed by atoms with Gasteiger partial charge >= 0.3 is 0 Å². The Morgan fingerprint density at radius 1 is 1.23 bits per heavy atom. The van der Waals surface area contributed by atoms with Gasteiger partial charge in [0.1, 0.15) is 5.75 Å². The number of rotatable bonds is 5. The molecule has 0 aliphatic heterocycles. The average molecular weight is 292 g/mol. The van der Waals surface area contributed by atoms with Gasteiger partial charge in [-0.05, 0) is 30.2 Å². The maximum absolute atomic E-state index is 10.1. The summed E-state index contributed by atoms with van der Waals surface area (Å²) in [5, 5.41) is 14.3. The number of benzene rings is 2. The van der Waals surface area contributed by atoms with Crippen molar-refractivity contribution in [3.63, 3.8) is 0 Å². The number of aromatic nitrogens is 2. The summed E-state index contributed by atoms with van der Waals surface area (Å²) in [4.78, 5) is 7.47. The number of fused-ring (bicyclic) bond motifs is 1. The number of phenols is 1. The van der Waals surface area contributed by atoms with Crippen molar-refractivity contribution in [2.24, 2.45) is 5.10 Å². The maximum atomic E-state index is 10.1. The third kappa shape index (κ3) is 2.83. The van der Waals surface area contributed by atoms with E-state index in [0.717, 1.165) is 16.6 Å². The molecule has 0 aliphatic rings. The molecule has 0 amide bonds. The van der Waals surface area contributed by atoms with E-state index in [0.29, 0.717) is 17.9 Å². The van der Waals surface area contributed by atoms with Crippen molar-refractivity contribution >= 4 is 23.2 Å². The molecule has 3 rings (SSSR count). The van der Waals surface area contributed by atoms with Crippen molar-refractivity contribution in [3.8, 4) is 5.75 Å². The number of aromatic hydroxyl groups is 1. The second kappa shape index (κ2) is 6.13. The number of nitrogens with one attached hydrogen (secondary N) is 2. The normalized spacial score (nSPS) is 11.1. The minimum absolute atomic E-state index is 0.220. The van der Waals surface area contributed by atoms with E-state index in [2.05, 4.69) is 27.1 Å². The summed E-state index contributed by atoms with van der Waals surface area (Å²) in [6.45, 7) is 3.68. The van der Waals surface area contributed by atoms with E-state index in [-0.39, 0.29) is 5.75 Å². The number of anilines is 1. The highest BCUT2D eigenvalue weighted by Crippen LogP contribution is 2.21. The number of nitrogens with zero attached hydrogens (tertiary/aromatic N) is 2. The summed E-state index contributed by atoms with van der Waals surface area (Å²) in [6, 6.07) is 13.3. The molecule has 0 saturated heterocycles. The number of H-pyrrole nitrogens is 1. The van der Waals surface area contributed by atoms with Crippen LogP contribution in [0.4, 0.5) is 5.95 Å². The van der Waals surface area contributed by atoms with Gasteiger partial charge in [0.05, 0.1) is 17.2 Å². The lowest BCUT2D eigenvalue weighted by Crippen LogP contribution is -1.94. The molecule has 0 saturated carbocycles. The maximum Gasteiger partial charge on any atom is 0.222 e. The zero-order valence-corrected chi connectivity index (χ0v) is 12.0. The van der Waals surface area contributed by atoms with Crippen LogP contribution in [0, 0.1) is 0 Å². The first-order chi connectivity index (χ1) is 10.8. The number of imidazole rings is 1. The Morgan fingerprint density at radius 3 is 2.91 bits per heavy atom. The van der Waals surface area contributed by atoms with Gasteiger partial charge in [-0.2, -0.15) is 5.10 Å². The number of hydrazone groups is 1. The van der Waals surface area contributed by atoms with Crippen LogP contribution in [0.3, 0.4) is 0 Å². The molecular weight excluding hydrogens is 276 g/mol. The fraction of sp³-hybridized carbons (Fsp3) is 0.0588. The van der Waals surface area contributed by atoms with E-state index >= 15 is 0 Å². The molecule has 3 N–H and O–H groups in total. The van der Waals surface area contributed by atoms with Crippen molar-refractivity contribution < 1.29 is 5.11 Å². The van der Waals surface area contributed by atoms with E-state index in [1.165, 1.54) is 0 Å². The molecular formula is C17H16N4O. The van der Waals surface area contributed by atoms with E-state index in [9.17, 15) is 5.11 Å². The largest absolute Gasteiger partial charge is 0.507 e. The molecule has 22 heavy (non-hydrogen) atoms. The van der Waals surface area contributed by atoms with Crippen molar-refractivity contribution in [2.75, 3.05) is 5.43 Å². The molecule has 2 aromatic carbocycles. The van der Waals surface area contributed by atoms with Crippen LogP contribution in [-0.4, -0.2) is 21.3 Å². The SMILES string of the molecule is C=CCc1cccc(/C=N/Nc2nc3ccccc3[nH]2)c1O. The van der Waals surface area contributed by atoms with Crippen molar-refractivity contribution in [2.45, 2.75) is 6.42 Å². The minimum atomic E-state index is 0.220. The second-order valence-electron chi connectivity index (χ2n) is 4.82. The van der Waals surface area contributed by atoms with Crippen molar-refractivity contribution in [1.29, 1.82) is 0 Å². The predicted octanol–water partition coefficient (Wildman–Crippen LogP) is 3.44. The van der Waals surface area contributed by atoms with Gasteiger partial charge in [-0.3, -0.25) is 0 Å². The number of phenolic OH excluding ortho intramolecular Hbond substituents is 1. The highest BCUT2D eigenvalue weighted by atomic mass is 16.3. The van der Waals surface area contributed by atoms with E-state index < -0.39 is 0 Å². The Labute approximate surface area is 128 Å². The molecule has 5 heteroatoms. The number of aromatic amines is 1. The van der Waals surface area contributed by atoms with Gasteiger partial charge < -0.3 is 10.1 Å². The topological polar surface area (TPSA) is 73.3 Å². The molecule has 0 radical (unpaired) electrons. The molecule has 0 bridgehead atoms. The lowest BCUT2D eigenvalue weighted by Gasteiger charge is -2.04. The first-order valence-electron chi connectivity index (χ1n) is 6.93. The summed E-state index contributed by atoms with van der Waals surface area (Å²) in [6.07, 6.45) is 3.93. The van der Waals surface area contributed by atoms with Crippen LogP contribution in [0.25, 0.3) is 11.0 Å². The standard InChI is InChI=1S/C17H16N4O/c1-2-6-12-7-5-8-13(16(12)22)11-18-21-17-19-14-9-3-4-10-15(14)20-17/h2-5,7-11,22H,1,6H2,(H2,19,20,21)/b18-11+. The van der Waals surface area contributed by atoms with Crippen LogP contribution in [0.15, 0.2) is 60.2 Å². The van der Waals surface area contributed by atoms with Crippen LogP contribution in [0.1, 0.15) is 11.1 Å². The van der Waals surface area contributed by atoms with Gasteiger partial charge in [-0.25, -0.2) is 10.4 Å². The minimum Gasteiger partial charge on any atom is -0.507 e. The van der Waals surface area contributed by atoms with E-state index in [1.54, 1.807) is 18.4 Å². The Morgan fingerprint density at radius 2 is 2.09 bits per heavy atom. The summed E-state index contributed by atoms with van der Waals surface area (Å²) >= 11 is 0. The molecule has 0 atom stereocenters.